The lowest BCUT2D eigenvalue weighted by molar-refractivity contribution is -0.130. The van der Waals surface area contributed by atoms with Crippen LogP contribution in [0.15, 0.2) is 41.6 Å². The molecular weight excluding hydrogens is 296 g/mol. The van der Waals surface area contributed by atoms with Crippen LogP contribution in [0.1, 0.15) is 70.3 Å². The minimum absolute atomic E-state index is 0.229. The van der Waals surface area contributed by atoms with E-state index in [4.69, 9.17) is 5.26 Å². The Kier molecular flexibility index (Phi) is 7.55. The molecule has 0 saturated heterocycles. The van der Waals surface area contributed by atoms with Crippen molar-refractivity contribution in [3.8, 4) is 6.07 Å². The maximum absolute atomic E-state index is 12.9. The number of unbranched alkanes of at least 4 members (excludes halogenated alkanes) is 1. The molecule has 1 amide bonds. The van der Waals surface area contributed by atoms with E-state index in [0.717, 1.165) is 38.5 Å². The van der Waals surface area contributed by atoms with E-state index in [1.54, 1.807) is 0 Å². The second-order valence-corrected chi connectivity index (χ2v) is 6.48. The Balaban J connectivity index is 2.26. The Labute approximate surface area is 146 Å². The molecule has 1 aromatic carbocycles. The third-order valence-electron chi connectivity index (χ3n) is 4.64. The van der Waals surface area contributed by atoms with Crippen LogP contribution in [0.3, 0.4) is 0 Å². The van der Waals surface area contributed by atoms with Gasteiger partial charge in [-0.2, -0.15) is 5.26 Å². The smallest absolute Gasteiger partial charge is 0.227 e. The lowest BCUT2D eigenvalue weighted by Gasteiger charge is -2.31. The molecule has 0 aromatic heterocycles. The van der Waals surface area contributed by atoms with Gasteiger partial charge in [0.25, 0.3) is 0 Å². The van der Waals surface area contributed by atoms with E-state index in [1.165, 1.54) is 23.3 Å². The number of carbonyl (C=O) groups excluding carboxylic acids is 1. The number of carbonyl (C=O) groups is 1. The van der Waals surface area contributed by atoms with Crippen molar-refractivity contribution in [1.29, 1.82) is 5.26 Å². The highest BCUT2D eigenvalue weighted by Gasteiger charge is 2.23. The van der Waals surface area contributed by atoms with Crippen molar-refractivity contribution in [2.45, 2.75) is 71.3 Å². The second kappa shape index (κ2) is 9.93. The Hall–Kier alpha value is -2.08. The number of rotatable bonds is 8. The molecule has 0 spiro atoms. The molecule has 3 nitrogen and oxygen atoms in total. The molecule has 0 fully saturated rings. The third kappa shape index (κ3) is 5.23. The maximum Gasteiger partial charge on any atom is 0.227 e. The van der Waals surface area contributed by atoms with E-state index in [-0.39, 0.29) is 5.91 Å². The number of benzene rings is 1. The fraction of sp³-hybridized carbons (Fsp3) is 0.524. The number of hydrogen-bond donors (Lipinski definition) is 0. The highest BCUT2D eigenvalue weighted by molar-refractivity contribution is 5.78. The van der Waals surface area contributed by atoms with Crippen LogP contribution < -0.4 is 0 Å². The molecule has 0 bridgehead atoms. The molecule has 0 radical (unpaired) electrons. The molecule has 1 aliphatic rings. The SMILES string of the molecule is CCCCC(=O)N(Cc1ccccc1)C1=C(CCC#N)CCCC1. The molecule has 0 atom stereocenters. The Morgan fingerprint density at radius 1 is 1.21 bits per heavy atom. The van der Waals surface area contributed by atoms with E-state index in [2.05, 4.69) is 25.1 Å². The van der Waals surface area contributed by atoms with Gasteiger partial charge in [-0.1, -0.05) is 43.7 Å². The maximum atomic E-state index is 12.9. The summed E-state index contributed by atoms with van der Waals surface area (Å²) in [5, 5.41) is 8.93. The van der Waals surface area contributed by atoms with Crippen molar-refractivity contribution in [3.63, 3.8) is 0 Å². The predicted molar refractivity (Wildman–Crippen MR) is 96.9 cm³/mol. The molecule has 0 N–H and O–H groups in total. The Bertz CT molecular complexity index is 598. The van der Waals surface area contributed by atoms with Gasteiger partial charge in [0, 0.05) is 18.5 Å². The summed E-state index contributed by atoms with van der Waals surface area (Å²) in [6.45, 7) is 2.77. The van der Waals surface area contributed by atoms with E-state index in [9.17, 15) is 4.79 Å². The van der Waals surface area contributed by atoms with Crippen LogP contribution in [0.4, 0.5) is 0 Å². The topological polar surface area (TPSA) is 44.1 Å². The summed E-state index contributed by atoms with van der Waals surface area (Å²) in [5.41, 5.74) is 3.69. The van der Waals surface area contributed by atoms with Gasteiger partial charge in [0.1, 0.15) is 0 Å². The summed E-state index contributed by atoms with van der Waals surface area (Å²) in [6.07, 6.45) is 8.23. The summed E-state index contributed by atoms with van der Waals surface area (Å²) < 4.78 is 0. The van der Waals surface area contributed by atoms with Crippen molar-refractivity contribution in [3.05, 3.63) is 47.2 Å². The zero-order valence-corrected chi connectivity index (χ0v) is 14.8. The molecule has 0 aliphatic heterocycles. The van der Waals surface area contributed by atoms with Crippen molar-refractivity contribution < 1.29 is 4.79 Å². The van der Waals surface area contributed by atoms with Gasteiger partial charge in [-0.25, -0.2) is 0 Å². The highest BCUT2D eigenvalue weighted by Crippen LogP contribution is 2.31. The number of nitrogens with zero attached hydrogens (tertiary/aromatic N) is 2. The minimum atomic E-state index is 0.229. The first-order valence-corrected chi connectivity index (χ1v) is 9.18. The number of nitriles is 1. The fourth-order valence-electron chi connectivity index (χ4n) is 3.32. The van der Waals surface area contributed by atoms with E-state index in [0.29, 0.717) is 19.4 Å². The summed E-state index contributed by atoms with van der Waals surface area (Å²) >= 11 is 0. The van der Waals surface area contributed by atoms with Crippen LogP contribution in [0.2, 0.25) is 0 Å². The van der Waals surface area contributed by atoms with E-state index < -0.39 is 0 Å². The molecule has 3 heteroatoms. The van der Waals surface area contributed by atoms with Crippen molar-refractivity contribution in [2.75, 3.05) is 0 Å². The molecule has 128 valence electrons. The minimum Gasteiger partial charge on any atom is -0.312 e. The second-order valence-electron chi connectivity index (χ2n) is 6.48. The van der Waals surface area contributed by atoms with E-state index >= 15 is 0 Å². The van der Waals surface area contributed by atoms with Crippen LogP contribution in [0.5, 0.6) is 0 Å². The van der Waals surface area contributed by atoms with Crippen molar-refractivity contribution in [1.82, 2.24) is 4.90 Å². The van der Waals surface area contributed by atoms with Crippen molar-refractivity contribution in [2.24, 2.45) is 0 Å². The summed E-state index contributed by atoms with van der Waals surface area (Å²) in [6, 6.07) is 12.5. The largest absolute Gasteiger partial charge is 0.312 e. The van der Waals surface area contributed by atoms with Gasteiger partial charge in [-0.15, -0.1) is 0 Å². The molecule has 1 aromatic rings. The van der Waals surface area contributed by atoms with Crippen LogP contribution in [0, 0.1) is 11.3 Å². The summed E-state index contributed by atoms with van der Waals surface area (Å²) in [7, 11) is 0. The molecule has 0 unspecified atom stereocenters. The zero-order chi connectivity index (χ0) is 17.2. The predicted octanol–water partition coefficient (Wildman–Crippen LogP) is 5.34. The van der Waals surface area contributed by atoms with Gasteiger partial charge in [-0.3, -0.25) is 4.79 Å². The summed E-state index contributed by atoms with van der Waals surface area (Å²) in [5.74, 6) is 0.229. The van der Waals surface area contributed by atoms with Crippen LogP contribution in [-0.4, -0.2) is 10.8 Å². The highest BCUT2D eigenvalue weighted by atomic mass is 16.2. The van der Waals surface area contributed by atoms with Gasteiger partial charge in [0.05, 0.1) is 12.6 Å². The molecule has 2 rings (SSSR count). The third-order valence-corrected chi connectivity index (χ3v) is 4.64. The molecule has 24 heavy (non-hydrogen) atoms. The summed E-state index contributed by atoms with van der Waals surface area (Å²) in [4.78, 5) is 14.9. The average Bonchev–Trinajstić information content (AvgIpc) is 2.63. The molecule has 0 heterocycles. The van der Waals surface area contributed by atoms with E-state index in [1.807, 2.05) is 23.1 Å². The number of hydrogen-bond acceptors (Lipinski definition) is 2. The average molecular weight is 324 g/mol. The molecular formula is C21H28N2O. The first kappa shape index (κ1) is 18.3. The number of allylic oxidation sites excluding steroid dienone is 2. The zero-order valence-electron chi connectivity index (χ0n) is 14.8. The normalized spacial score (nSPS) is 14.3. The van der Waals surface area contributed by atoms with Gasteiger partial charge >= 0.3 is 0 Å². The van der Waals surface area contributed by atoms with Gasteiger partial charge in [-0.05, 0) is 49.7 Å². The lowest BCUT2D eigenvalue weighted by atomic mass is 9.92. The Morgan fingerprint density at radius 2 is 1.96 bits per heavy atom. The van der Waals surface area contributed by atoms with Crippen LogP contribution in [-0.2, 0) is 11.3 Å². The van der Waals surface area contributed by atoms with Gasteiger partial charge in [0.2, 0.25) is 5.91 Å². The standard InChI is InChI=1S/C21H28N2O/c1-2-3-15-21(24)23(17-18-10-5-4-6-11-18)20-14-8-7-12-19(20)13-9-16-22/h4-6,10-11H,2-3,7-9,12-15,17H2,1H3. The monoisotopic (exact) mass is 324 g/mol. The first-order chi connectivity index (χ1) is 11.8. The Morgan fingerprint density at radius 3 is 2.67 bits per heavy atom. The molecule has 1 aliphatic carbocycles. The molecule has 0 saturated carbocycles. The quantitative estimate of drug-likeness (QED) is 0.648. The van der Waals surface area contributed by atoms with Crippen LogP contribution in [0.25, 0.3) is 0 Å². The first-order valence-electron chi connectivity index (χ1n) is 9.18. The van der Waals surface area contributed by atoms with Crippen LogP contribution >= 0.6 is 0 Å². The number of amides is 1. The van der Waals surface area contributed by atoms with Gasteiger partial charge < -0.3 is 4.90 Å². The van der Waals surface area contributed by atoms with Gasteiger partial charge in [0.15, 0.2) is 0 Å². The lowest BCUT2D eigenvalue weighted by Crippen LogP contribution is -2.31. The van der Waals surface area contributed by atoms with Crippen molar-refractivity contribution >= 4 is 5.91 Å². The fourth-order valence-corrected chi connectivity index (χ4v) is 3.32.